The number of amides is 1. The molecule has 0 bridgehead atoms. The second-order valence-electron chi connectivity index (χ2n) is 7.92. The zero-order valence-corrected chi connectivity index (χ0v) is 19.7. The van der Waals surface area contributed by atoms with Crippen molar-refractivity contribution in [3.8, 4) is 0 Å². The summed E-state index contributed by atoms with van der Waals surface area (Å²) in [6, 6.07) is 9.99. The van der Waals surface area contributed by atoms with Gasteiger partial charge in [0, 0.05) is 18.7 Å². The molecule has 2 aromatic carbocycles. The third-order valence-electron chi connectivity index (χ3n) is 5.61. The Morgan fingerprint density at radius 2 is 2.00 bits per heavy atom. The van der Waals surface area contributed by atoms with Gasteiger partial charge in [-0.15, -0.1) is 4.40 Å². The van der Waals surface area contributed by atoms with Gasteiger partial charge in [-0.3, -0.25) is 4.79 Å². The molecule has 1 amide bonds. The molecule has 0 saturated carbocycles. The number of carbonyl (C=O) groups excluding carboxylic acids is 2. The molecule has 8 nitrogen and oxygen atoms in total. The monoisotopic (exact) mass is 489 g/mol. The molecule has 1 N–H and O–H groups in total. The highest BCUT2D eigenvalue weighted by Gasteiger charge is 2.33. The Bertz CT molecular complexity index is 1240. The van der Waals surface area contributed by atoms with Crippen LogP contribution in [0.1, 0.15) is 48.5 Å². The maximum atomic E-state index is 12.8. The highest BCUT2D eigenvalue weighted by Crippen LogP contribution is 2.38. The number of sulfonamides is 1. The lowest BCUT2D eigenvalue weighted by molar-refractivity contribution is -0.119. The number of carbonyl (C=O) groups is 2. The standard InChI is InChI=1S/C23H24ClN3O5S/c1-2-15-7-6-8-16(11-15)25-22(28)14-32-23(29)17-12-20-19(13-18(17)24)27-10-5-3-4-9-21(27)26-33(20,30)31/h6-8,11-13H,2-5,9-10,14H2,1H3,(H,25,28). The summed E-state index contributed by atoms with van der Waals surface area (Å²) in [7, 11) is -3.98. The van der Waals surface area contributed by atoms with E-state index in [9.17, 15) is 18.0 Å². The molecule has 1 saturated heterocycles. The fourth-order valence-electron chi connectivity index (χ4n) is 3.93. The minimum absolute atomic E-state index is 0.0514. The average molecular weight is 490 g/mol. The molecule has 2 aliphatic heterocycles. The Balaban J connectivity index is 1.51. The van der Waals surface area contributed by atoms with E-state index in [1.54, 1.807) is 6.07 Å². The van der Waals surface area contributed by atoms with Gasteiger partial charge in [0.25, 0.3) is 15.9 Å². The second kappa shape index (κ2) is 9.52. The third kappa shape index (κ3) is 5.04. The first-order valence-electron chi connectivity index (χ1n) is 10.8. The van der Waals surface area contributed by atoms with Crippen molar-refractivity contribution in [1.82, 2.24) is 0 Å². The number of anilines is 2. The van der Waals surface area contributed by atoms with Crippen LogP contribution in [0.25, 0.3) is 0 Å². The molecule has 10 heteroatoms. The van der Waals surface area contributed by atoms with E-state index in [2.05, 4.69) is 9.71 Å². The van der Waals surface area contributed by atoms with Gasteiger partial charge < -0.3 is 15.0 Å². The molecule has 0 aliphatic carbocycles. The Labute approximate surface area is 197 Å². The van der Waals surface area contributed by atoms with E-state index in [0.29, 0.717) is 30.2 Å². The number of amidine groups is 1. The normalized spacial score (nSPS) is 16.7. The number of halogens is 1. The van der Waals surface area contributed by atoms with Crippen LogP contribution in [0.15, 0.2) is 45.7 Å². The smallest absolute Gasteiger partial charge is 0.340 e. The van der Waals surface area contributed by atoms with E-state index in [-0.39, 0.29) is 15.5 Å². The zero-order valence-electron chi connectivity index (χ0n) is 18.1. The highest BCUT2D eigenvalue weighted by molar-refractivity contribution is 7.90. The number of rotatable bonds is 5. The van der Waals surface area contributed by atoms with Crippen molar-refractivity contribution in [2.24, 2.45) is 4.40 Å². The van der Waals surface area contributed by atoms with Crippen LogP contribution in [0.4, 0.5) is 11.4 Å². The Morgan fingerprint density at radius 1 is 1.18 bits per heavy atom. The summed E-state index contributed by atoms with van der Waals surface area (Å²) < 4.78 is 34.6. The van der Waals surface area contributed by atoms with E-state index in [1.807, 2.05) is 30.0 Å². The first-order valence-corrected chi connectivity index (χ1v) is 12.6. The number of nitrogens with zero attached hydrogens (tertiary/aromatic N) is 2. The van der Waals surface area contributed by atoms with E-state index < -0.39 is 28.5 Å². The predicted molar refractivity (Wildman–Crippen MR) is 127 cm³/mol. The summed E-state index contributed by atoms with van der Waals surface area (Å²) >= 11 is 6.34. The molecule has 2 heterocycles. The lowest BCUT2D eigenvalue weighted by atomic mass is 10.1. The van der Waals surface area contributed by atoms with E-state index in [4.69, 9.17) is 16.3 Å². The van der Waals surface area contributed by atoms with Crippen molar-refractivity contribution >= 4 is 50.7 Å². The van der Waals surface area contributed by atoms with Gasteiger partial charge in [-0.25, -0.2) is 4.79 Å². The number of hydrogen-bond acceptors (Lipinski definition) is 6. The lowest BCUT2D eigenvalue weighted by Gasteiger charge is -2.30. The van der Waals surface area contributed by atoms with Gasteiger partial charge >= 0.3 is 5.97 Å². The molecule has 0 unspecified atom stereocenters. The van der Waals surface area contributed by atoms with E-state index in [0.717, 1.165) is 31.2 Å². The molecule has 2 aromatic rings. The third-order valence-corrected chi connectivity index (χ3v) is 7.26. The number of esters is 1. The predicted octanol–water partition coefficient (Wildman–Crippen LogP) is 4.18. The first-order chi connectivity index (χ1) is 15.8. The molecule has 0 spiro atoms. The fraction of sp³-hybridized carbons (Fsp3) is 0.348. The Morgan fingerprint density at radius 3 is 2.79 bits per heavy atom. The Hall–Kier alpha value is -2.91. The van der Waals surface area contributed by atoms with Crippen molar-refractivity contribution < 1.29 is 22.7 Å². The van der Waals surface area contributed by atoms with Crippen LogP contribution < -0.4 is 10.2 Å². The number of ether oxygens (including phenoxy) is 1. The highest BCUT2D eigenvalue weighted by atomic mass is 35.5. The van der Waals surface area contributed by atoms with Crippen LogP contribution in [0.5, 0.6) is 0 Å². The van der Waals surface area contributed by atoms with Crippen molar-refractivity contribution in [3.05, 3.63) is 52.5 Å². The average Bonchev–Trinajstić information content (AvgIpc) is 3.02. The molecule has 0 aromatic heterocycles. The minimum Gasteiger partial charge on any atom is -0.452 e. The zero-order chi connectivity index (χ0) is 23.6. The molecule has 0 radical (unpaired) electrons. The van der Waals surface area contributed by atoms with Crippen molar-refractivity contribution in [2.75, 3.05) is 23.4 Å². The maximum absolute atomic E-state index is 12.8. The van der Waals surface area contributed by atoms with Gasteiger partial charge in [0.05, 0.1) is 16.3 Å². The van der Waals surface area contributed by atoms with Crippen LogP contribution in [-0.4, -0.2) is 39.3 Å². The molecule has 4 rings (SSSR count). The molecular weight excluding hydrogens is 466 g/mol. The summed E-state index contributed by atoms with van der Waals surface area (Å²) in [5.41, 5.74) is 1.94. The van der Waals surface area contributed by atoms with Crippen LogP contribution >= 0.6 is 11.6 Å². The number of benzene rings is 2. The number of fused-ring (bicyclic) bond motifs is 3. The van der Waals surface area contributed by atoms with Gasteiger partial charge in [-0.1, -0.05) is 37.1 Å². The molecule has 0 atom stereocenters. The van der Waals surface area contributed by atoms with Crippen LogP contribution in [0.3, 0.4) is 0 Å². The lowest BCUT2D eigenvalue weighted by Crippen LogP contribution is -2.35. The van der Waals surface area contributed by atoms with Crippen LogP contribution in [-0.2, 0) is 26.0 Å². The topological polar surface area (TPSA) is 105 Å². The first kappa shape index (κ1) is 23.3. The molecular formula is C23H24ClN3O5S. The van der Waals surface area contributed by atoms with Crippen molar-refractivity contribution in [3.63, 3.8) is 0 Å². The summed E-state index contributed by atoms with van der Waals surface area (Å²) in [5.74, 6) is -0.909. The SMILES string of the molecule is CCc1cccc(NC(=O)COC(=O)c2cc3c(cc2Cl)N2CCCCCC2=NS3(=O)=O)c1. The molecule has 174 valence electrons. The van der Waals surface area contributed by atoms with Gasteiger partial charge in [0.2, 0.25) is 0 Å². The van der Waals surface area contributed by atoms with E-state index in [1.165, 1.54) is 12.1 Å². The van der Waals surface area contributed by atoms with Crippen LogP contribution in [0, 0.1) is 0 Å². The number of nitrogens with one attached hydrogen (secondary N) is 1. The quantitative estimate of drug-likeness (QED) is 0.631. The summed E-state index contributed by atoms with van der Waals surface area (Å²) in [6.07, 6.45) is 4.13. The molecule has 2 aliphatic rings. The minimum atomic E-state index is -3.98. The summed E-state index contributed by atoms with van der Waals surface area (Å²) in [6.45, 7) is 2.09. The van der Waals surface area contributed by atoms with Crippen molar-refractivity contribution in [1.29, 1.82) is 0 Å². The van der Waals surface area contributed by atoms with Gasteiger partial charge in [0.1, 0.15) is 10.7 Å². The van der Waals surface area contributed by atoms with Gasteiger partial charge in [-0.2, -0.15) is 8.42 Å². The second-order valence-corrected chi connectivity index (χ2v) is 9.90. The molecule has 1 fully saturated rings. The molecule has 33 heavy (non-hydrogen) atoms. The fourth-order valence-corrected chi connectivity index (χ4v) is 5.43. The van der Waals surface area contributed by atoms with Gasteiger partial charge in [0.15, 0.2) is 6.61 Å². The maximum Gasteiger partial charge on any atom is 0.340 e. The number of aryl methyl sites for hydroxylation is 1. The van der Waals surface area contributed by atoms with Crippen LogP contribution in [0.2, 0.25) is 5.02 Å². The summed E-state index contributed by atoms with van der Waals surface area (Å²) in [4.78, 5) is 26.6. The summed E-state index contributed by atoms with van der Waals surface area (Å²) in [5, 5.41) is 2.72. The number of hydrogen-bond donors (Lipinski definition) is 1. The van der Waals surface area contributed by atoms with Gasteiger partial charge in [-0.05, 0) is 49.1 Å². The van der Waals surface area contributed by atoms with Crippen molar-refractivity contribution in [2.45, 2.75) is 43.9 Å². The van der Waals surface area contributed by atoms with E-state index >= 15 is 0 Å². The Kier molecular flexibility index (Phi) is 6.71. The largest absolute Gasteiger partial charge is 0.452 e.